The standard InChI is InChI=1S/C19H18N4O2/c1-2-13-6-8-15(9-7-13)23-12-14(11-17(23)24)19-21-18(22-25-19)16-5-3-4-10-20-16/h3-10,14H,2,11-12H2,1H3/t14-/m0/s1. The maximum absolute atomic E-state index is 12.4. The van der Waals surface area contributed by atoms with Crippen molar-refractivity contribution in [3.8, 4) is 11.5 Å². The highest BCUT2D eigenvalue weighted by Crippen LogP contribution is 2.31. The molecule has 3 aromatic rings. The molecular weight excluding hydrogens is 316 g/mol. The summed E-state index contributed by atoms with van der Waals surface area (Å²) in [5, 5.41) is 4.00. The normalized spacial score (nSPS) is 17.2. The highest BCUT2D eigenvalue weighted by atomic mass is 16.5. The summed E-state index contributed by atoms with van der Waals surface area (Å²) in [6.45, 7) is 2.66. The van der Waals surface area contributed by atoms with Crippen molar-refractivity contribution in [1.29, 1.82) is 0 Å². The Bertz CT molecular complexity index is 874. The zero-order valence-corrected chi connectivity index (χ0v) is 13.9. The molecule has 3 heterocycles. The van der Waals surface area contributed by atoms with Crippen LogP contribution in [0.15, 0.2) is 53.2 Å². The maximum Gasteiger partial charge on any atom is 0.232 e. The molecule has 1 atom stereocenters. The van der Waals surface area contributed by atoms with Crippen molar-refractivity contribution in [3.63, 3.8) is 0 Å². The monoisotopic (exact) mass is 334 g/mol. The molecule has 126 valence electrons. The Kier molecular flexibility index (Phi) is 4.01. The van der Waals surface area contributed by atoms with Crippen LogP contribution >= 0.6 is 0 Å². The SMILES string of the molecule is CCc1ccc(N2C[C@@H](c3nc(-c4ccccn4)no3)CC2=O)cc1. The Labute approximate surface area is 145 Å². The van der Waals surface area contributed by atoms with E-state index in [1.54, 1.807) is 11.1 Å². The van der Waals surface area contributed by atoms with Gasteiger partial charge in [-0.2, -0.15) is 4.98 Å². The van der Waals surface area contributed by atoms with Gasteiger partial charge in [0.2, 0.25) is 17.6 Å². The van der Waals surface area contributed by atoms with E-state index in [0.29, 0.717) is 30.4 Å². The van der Waals surface area contributed by atoms with Gasteiger partial charge in [0.25, 0.3) is 0 Å². The Morgan fingerprint density at radius 3 is 2.76 bits per heavy atom. The summed E-state index contributed by atoms with van der Waals surface area (Å²) in [6, 6.07) is 13.6. The fraction of sp³-hybridized carbons (Fsp3) is 0.263. The number of anilines is 1. The lowest BCUT2D eigenvalue weighted by atomic mass is 10.1. The lowest BCUT2D eigenvalue weighted by Crippen LogP contribution is -2.24. The summed E-state index contributed by atoms with van der Waals surface area (Å²) in [5.74, 6) is 0.922. The van der Waals surface area contributed by atoms with E-state index < -0.39 is 0 Å². The number of amides is 1. The molecule has 0 spiro atoms. The van der Waals surface area contributed by atoms with Crippen molar-refractivity contribution < 1.29 is 9.32 Å². The van der Waals surface area contributed by atoms with Crippen molar-refractivity contribution in [1.82, 2.24) is 15.1 Å². The molecule has 1 amide bonds. The van der Waals surface area contributed by atoms with Gasteiger partial charge in [-0.1, -0.05) is 30.3 Å². The Hall–Kier alpha value is -3.02. The highest BCUT2D eigenvalue weighted by Gasteiger charge is 2.35. The first kappa shape index (κ1) is 15.5. The van der Waals surface area contributed by atoms with Crippen molar-refractivity contribution in [3.05, 3.63) is 60.1 Å². The molecule has 6 nitrogen and oxygen atoms in total. The van der Waals surface area contributed by atoms with Gasteiger partial charge < -0.3 is 9.42 Å². The van der Waals surface area contributed by atoms with Crippen LogP contribution in [-0.2, 0) is 11.2 Å². The molecule has 0 radical (unpaired) electrons. The summed E-state index contributed by atoms with van der Waals surface area (Å²) < 4.78 is 5.39. The van der Waals surface area contributed by atoms with Gasteiger partial charge >= 0.3 is 0 Å². The molecule has 0 saturated carbocycles. The number of carbonyl (C=O) groups is 1. The van der Waals surface area contributed by atoms with Crippen LogP contribution in [0.5, 0.6) is 0 Å². The van der Waals surface area contributed by atoms with Gasteiger partial charge in [-0.3, -0.25) is 9.78 Å². The molecule has 25 heavy (non-hydrogen) atoms. The minimum atomic E-state index is -0.0942. The molecule has 0 N–H and O–H groups in total. The summed E-state index contributed by atoms with van der Waals surface area (Å²) in [5.41, 5.74) is 2.83. The number of aryl methyl sites for hydroxylation is 1. The molecule has 1 aromatic carbocycles. The molecule has 4 rings (SSSR count). The van der Waals surface area contributed by atoms with E-state index >= 15 is 0 Å². The molecule has 1 fully saturated rings. The van der Waals surface area contributed by atoms with Crippen LogP contribution in [0.4, 0.5) is 5.69 Å². The van der Waals surface area contributed by atoms with Gasteiger partial charge in [0.05, 0.1) is 5.92 Å². The number of aromatic nitrogens is 3. The van der Waals surface area contributed by atoms with Gasteiger partial charge in [0.15, 0.2) is 0 Å². The molecule has 6 heteroatoms. The zero-order valence-electron chi connectivity index (χ0n) is 13.9. The van der Waals surface area contributed by atoms with E-state index in [9.17, 15) is 4.79 Å². The fourth-order valence-corrected chi connectivity index (χ4v) is 3.03. The molecule has 0 unspecified atom stereocenters. The van der Waals surface area contributed by atoms with Crippen LogP contribution in [0.25, 0.3) is 11.5 Å². The molecule has 0 aliphatic carbocycles. The third-order valence-corrected chi connectivity index (χ3v) is 4.47. The van der Waals surface area contributed by atoms with Gasteiger partial charge in [-0.05, 0) is 36.2 Å². The number of rotatable bonds is 4. The highest BCUT2D eigenvalue weighted by molar-refractivity contribution is 5.96. The van der Waals surface area contributed by atoms with Crippen molar-refractivity contribution in [2.75, 3.05) is 11.4 Å². The van der Waals surface area contributed by atoms with Gasteiger partial charge in [-0.25, -0.2) is 0 Å². The first-order valence-corrected chi connectivity index (χ1v) is 8.39. The molecule has 1 aliphatic rings. The summed E-state index contributed by atoms with van der Waals surface area (Å²) in [7, 11) is 0. The van der Waals surface area contributed by atoms with E-state index in [2.05, 4.69) is 34.2 Å². The summed E-state index contributed by atoms with van der Waals surface area (Å²) >= 11 is 0. The second-order valence-corrected chi connectivity index (χ2v) is 6.10. The number of nitrogens with zero attached hydrogens (tertiary/aromatic N) is 4. The molecule has 1 aliphatic heterocycles. The van der Waals surface area contributed by atoms with Crippen LogP contribution in [0, 0.1) is 0 Å². The first-order chi connectivity index (χ1) is 12.2. The number of pyridine rings is 1. The first-order valence-electron chi connectivity index (χ1n) is 8.39. The average molecular weight is 334 g/mol. The van der Waals surface area contributed by atoms with Gasteiger partial charge in [0, 0.05) is 24.8 Å². The van der Waals surface area contributed by atoms with Crippen LogP contribution in [0.1, 0.15) is 30.7 Å². The van der Waals surface area contributed by atoms with Crippen molar-refractivity contribution in [2.45, 2.75) is 25.7 Å². The lowest BCUT2D eigenvalue weighted by Gasteiger charge is -2.16. The molecule has 1 saturated heterocycles. The van der Waals surface area contributed by atoms with E-state index in [1.807, 2.05) is 30.3 Å². The molecule has 2 aromatic heterocycles. The van der Waals surface area contributed by atoms with E-state index in [4.69, 9.17) is 4.52 Å². The second kappa shape index (κ2) is 6.47. The Morgan fingerprint density at radius 1 is 1.20 bits per heavy atom. The van der Waals surface area contributed by atoms with Crippen LogP contribution < -0.4 is 4.90 Å². The topological polar surface area (TPSA) is 72.1 Å². The number of benzene rings is 1. The zero-order chi connectivity index (χ0) is 17.2. The number of carbonyl (C=O) groups excluding carboxylic acids is 1. The molecule has 0 bridgehead atoms. The Balaban J connectivity index is 1.53. The van der Waals surface area contributed by atoms with Crippen LogP contribution in [-0.4, -0.2) is 27.6 Å². The Morgan fingerprint density at radius 2 is 2.04 bits per heavy atom. The predicted octanol–water partition coefficient (Wildman–Crippen LogP) is 3.21. The van der Waals surface area contributed by atoms with Crippen molar-refractivity contribution in [2.24, 2.45) is 0 Å². The van der Waals surface area contributed by atoms with Gasteiger partial charge in [-0.15, -0.1) is 0 Å². The largest absolute Gasteiger partial charge is 0.339 e. The fourth-order valence-electron chi connectivity index (χ4n) is 3.03. The third kappa shape index (κ3) is 3.03. The minimum Gasteiger partial charge on any atom is -0.339 e. The predicted molar refractivity (Wildman–Crippen MR) is 93.1 cm³/mol. The number of hydrogen-bond donors (Lipinski definition) is 0. The quantitative estimate of drug-likeness (QED) is 0.732. The second-order valence-electron chi connectivity index (χ2n) is 6.10. The summed E-state index contributed by atoms with van der Waals surface area (Å²) in [4.78, 5) is 22.9. The van der Waals surface area contributed by atoms with Gasteiger partial charge in [0.1, 0.15) is 5.69 Å². The lowest BCUT2D eigenvalue weighted by molar-refractivity contribution is -0.117. The van der Waals surface area contributed by atoms with Crippen LogP contribution in [0.2, 0.25) is 0 Å². The maximum atomic E-state index is 12.4. The summed E-state index contributed by atoms with van der Waals surface area (Å²) in [6.07, 6.45) is 3.04. The smallest absolute Gasteiger partial charge is 0.232 e. The third-order valence-electron chi connectivity index (χ3n) is 4.47. The minimum absolute atomic E-state index is 0.0758. The molecular formula is C19H18N4O2. The van der Waals surface area contributed by atoms with E-state index in [0.717, 1.165) is 12.1 Å². The van der Waals surface area contributed by atoms with Crippen molar-refractivity contribution >= 4 is 11.6 Å². The van der Waals surface area contributed by atoms with Crippen LogP contribution in [0.3, 0.4) is 0 Å². The average Bonchev–Trinajstić information content (AvgIpc) is 3.29. The van der Waals surface area contributed by atoms with E-state index in [-0.39, 0.29) is 11.8 Å². The van der Waals surface area contributed by atoms with E-state index in [1.165, 1.54) is 5.56 Å². The number of hydrogen-bond acceptors (Lipinski definition) is 5.